The Bertz CT molecular complexity index is 224. The van der Waals surface area contributed by atoms with Crippen LogP contribution in [0.15, 0.2) is 0 Å². The first kappa shape index (κ1) is 10.0. The van der Waals surface area contributed by atoms with E-state index in [0.717, 1.165) is 0 Å². The fourth-order valence-corrected chi connectivity index (χ4v) is 1.35. The molecule has 0 aromatic carbocycles. The molecule has 1 saturated heterocycles. The first-order valence-corrected chi connectivity index (χ1v) is 4.32. The zero-order valence-corrected chi connectivity index (χ0v) is 7.96. The largest absolute Gasteiger partial charge is 0.469 e. The molecule has 1 atom stereocenters. The topological polar surface area (TPSA) is 52.6 Å². The third kappa shape index (κ3) is 2.20. The van der Waals surface area contributed by atoms with Gasteiger partial charge in [0, 0.05) is 6.42 Å². The third-order valence-corrected chi connectivity index (χ3v) is 2.49. The summed E-state index contributed by atoms with van der Waals surface area (Å²) in [4.78, 5) is 22.1. The zero-order valence-electron chi connectivity index (χ0n) is 7.96. The van der Waals surface area contributed by atoms with Crippen LogP contribution < -0.4 is 0 Å². The summed E-state index contributed by atoms with van der Waals surface area (Å²) in [5.74, 6) is -0.475. The molecule has 0 radical (unpaired) electrons. The second-order valence-electron chi connectivity index (χ2n) is 3.52. The number of hydrogen-bond donors (Lipinski definition) is 0. The van der Waals surface area contributed by atoms with Crippen molar-refractivity contribution in [1.29, 1.82) is 0 Å². The molecule has 1 aliphatic heterocycles. The van der Waals surface area contributed by atoms with Crippen LogP contribution in [0, 0.1) is 5.41 Å². The first-order chi connectivity index (χ1) is 6.08. The second-order valence-corrected chi connectivity index (χ2v) is 3.52. The molecule has 0 aliphatic carbocycles. The minimum atomic E-state index is -0.478. The smallest absolute Gasteiger partial charge is 0.311 e. The number of ether oxygens (including phenoxy) is 2. The summed E-state index contributed by atoms with van der Waals surface area (Å²) >= 11 is 0. The fraction of sp³-hybridized carbons (Fsp3) is 0.778. The molecular formula is C9H14O4. The van der Waals surface area contributed by atoms with Gasteiger partial charge in [0.05, 0.1) is 19.1 Å². The highest BCUT2D eigenvalue weighted by molar-refractivity contribution is 5.79. The summed E-state index contributed by atoms with van der Waals surface area (Å²) in [5.41, 5.74) is -0.478. The standard InChI is InChI=1S/C9H14O4/c1-9(4-3-7(10)12-2)5-6-13-8(9)11/h3-6H2,1-2H3. The van der Waals surface area contributed by atoms with Crippen LogP contribution in [0.1, 0.15) is 26.2 Å². The summed E-state index contributed by atoms with van der Waals surface area (Å²) in [7, 11) is 1.34. The summed E-state index contributed by atoms with van der Waals surface area (Å²) < 4.78 is 9.34. The van der Waals surface area contributed by atoms with Gasteiger partial charge in [0.1, 0.15) is 0 Å². The number of rotatable bonds is 3. The highest BCUT2D eigenvalue weighted by atomic mass is 16.5. The molecule has 1 heterocycles. The van der Waals surface area contributed by atoms with Gasteiger partial charge in [0.2, 0.25) is 0 Å². The van der Waals surface area contributed by atoms with Crippen molar-refractivity contribution in [2.24, 2.45) is 5.41 Å². The Kier molecular flexibility index (Phi) is 2.90. The van der Waals surface area contributed by atoms with E-state index in [1.807, 2.05) is 6.92 Å². The predicted molar refractivity (Wildman–Crippen MR) is 44.9 cm³/mol. The van der Waals surface area contributed by atoms with Crippen LogP contribution in [0.2, 0.25) is 0 Å². The second kappa shape index (κ2) is 3.77. The van der Waals surface area contributed by atoms with Crippen molar-refractivity contribution in [3.63, 3.8) is 0 Å². The number of hydrogen-bond acceptors (Lipinski definition) is 4. The summed E-state index contributed by atoms with van der Waals surface area (Å²) in [5, 5.41) is 0. The molecule has 13 heavy (non-hydrogen) atoms. The lowest BCUT2D eigenvalue weighted by molar-refractivity contribution is -0.147. The SMILES string of the molecule is COC(=O)CCC1(C)CCOC1=O. The van der Waals surface area contributed by atoms with Crippen molar-refractivity contribution in [3.8, 4) is 0 Å². The molecule has 0 N–H and O–H groups in total. The van der Waals surface area contributed by atoms with Crippen LogP contribution in [0.3, 0.4) is 0 Å². The van der Waals surface area contributed by atoms with Crippen LogP contribution in [0.5, 0.6) is 0 Å². The summed E-state index contributed by atoms with van der Waals surface area (Å²) in [6.07, 6.45) is 1.49. The van der Waals surface area contributed by atoms with Crippen molar-refractivity contribution in [2.45, 2.75) is 26.2 Å². The fourth-order valence-electron chi connectivity index (χ4n) is 1.35. The minimum absolute atomic E-state index is 0.198. The molecule has 74 valence electrons. The Labute approximate surface area is 77.2 Å². The van der Waals surface area contributed by atoms with Gasteiger partial charge in [-0.2, -0.15) is 0 Å². The number of carbonyl (C=O) groups excluding carboxylic acids is 2. The molecule has 1 rings (SSSR count). The minimum Gasteiger partial charge on any atom is -0.469 e. The van der Waals surface area contributed by atoms with Crippen LogP contribution in [0.25, 0.3) is 0 Å². The van der Waals surface area contributed by atoms with E-state index in [4.69, 9.17) is 4.74 Å². The molecule has 0 amide bonds. The van der Waals surface area contributed by atoms with E-state index >= 15 is 0 Å². The van der Waals surface area contributed by atoms with Gasteiger partial charge >= 0.3 is 11.9 Å². The van der Waals surface area contributed by atoms with E-state index < -0.39 is 5.41 Å². The highest BCUT2D eigenvalue weighted by Gasteiger charge is 2.39. The lowest BCUT2D eigenvalue weighted by atomic mass is 9.84. The van der Waals surface area contributed by atoms with Crippen molar-refractivity contribution < 1.29 is 19.1 Å². The van der Waals surface area contributed by atoms with Crippen molar-refractivity contribution >= 4 is 11.9 Å². The van der Waals surface area contributed by atoms with Crippen molar-refractivity contribution in [2.75, 3.05) is 13.7 Å². The van der Waals surface area contributed by atoms with E-state index in [1.165, 1.54) is 7.11 Å². The Morgan fingerprint density at radius 2 is 2.38 bits per heavy atom. The average molecular weight is 186 g/mol. The number of esters is 2. The van der Waals surface area contributed by atoms with Gasteiger partial charge in [0.15, 0.2) is 0 Å². The molecule has 1 fully saturated rings. The molecule has 1 aliphatic rings. The van der Waals surface area contributed by atoms with Crippen molar-refractivity contribution in [3.05, 3.63) is 0 Å². The zero-order chi connectivity index (χ0) is 9.90. The summed E-state index contributed by atoms with van der Waals surface area (Å²) in [6, 6.07) is 0. The molecule has 0 saturated carbocycles. The van der Waals surface area contributed by atoms with Crippen LogP contribution >= 0.6 is 0 Å². The number of carbonyl (C=O) groups is 2. The predicted octanol–water partition coefficient (Wildman–Crippen LogP) is 0.893. The van der Waals surface area contributed by atoms with Gasteiger partial charge in [0.25, 0.3) is 0 Å². The first-order valence-electron chi connectivity index (χ1n) is 4.32. The lowest BCUT2D eigenvalue weighted by Gasteiger charge is -2.17. The molecule has 0 bridgehead atoms. The molecule has 0 aromatic rings. The Morgan fingerprint density at radius 3 is 2.85 bits per heavy atom. The van der Waals surface area contributed by atoms with Gasteiger partial charge < -0.3 is 9.47 Å². The van der Waals surface area contributed by atoms with E-state index in [9.17, 15) is 9.59 Å². The van der Waals surface area contributed by atoms with E-state index in [2.05, 4.69) is 4.74 Å². The average Bonchev–Trinajstić information content (AvgIpc) is 2.44. The Balaban J connectivity index is 2.43. The van der Waals surface area contributed by atoms with E-state index in [1.54, 1.807) is 0 Å². The quantitative estimate of drug-likeness (QED) is 0.614. The maximum absolute atomic E-state index is 11.2. The number of methoxy groups -OCH3 is 1. The molecular weight excluding hydrogens is 172 g/mol. The molecule has 4 nitrogen and oxygen atoms in total. The van der Waals surface area contributed by atoms with Crippen LogP contribution in [-0.4, -0.2) is 25.7 Å². The maximum Gasteiger partial charge on any atom is 0.311 e. The lowest BCUT2D eigenvalue weighted by Crippen LogP contribution is -2.23. The Hall–Kier alpha value is -1.06. The molecule has 1 unspecified atom stereocenters. The normalized spacial score (nSPS) is 27.1. The van der Waals surface area contributed by atoms with E-state index in [0.29, 0.717) is 19.4 Å². The summed E-state index contributed by atoms with van der Waals surface area (Å²) in [6.45, 7) is 2.29. The van der Waals surface area contributed by atoms with Gasteiger partial charge in [-0.15, -0.1) is 0 Å². The highest BCUT2D eigenvalue weighted by Crippen LogP contribution is 2.34. The van der Waals surface area contributed by atoms with E-state index in [-0.39, 0.29) is 18.4 Å². The van der Waals surface area contributed by atoms with Gasteiger partial charge in [-0.25, -0.2) is 0 Å². The monoisotopic (exact) mass is 186 g/mol. The van der Waals surface area contributed by atoms with Gasteiger partial charge in [-0.05, 0) is 19.8 Å². The number of cyclic esters (lactones) is 1. The van der Waals surface area contributed by atoms with Crippen LogP contribution in [0.4, 0.5) is 0 Å². The maximum atomic E-state index is 11.2. The molecule has 4 heteroatoms. The third-order valence-electron chi connectivity index (χ3n) is 2.49. The molecule has 0 spiro atoms. The van der Waals surface area contributed by atoms with Gasteiger partial charge in [-0.1, -0.05) is 0 Å². The van der Waals surface area contributed by atoms with Gasteiger partial charge in [-0.3, -0.25) is 9.59 Å². The molecule has 0 aromatic heterocycles. The Morgan fingerprint density at radius 1 is 1.69 bits per heavy atom. The van der Waals surface area contributed by atoms with Crippen molar-refractivity contribution in [1.82, 2.24) is 0 Å². The van der Waals surface area contributed by atoms with Crippen LogP contribution in [-0.2, 0) is 19.1 Å².